The first-order valence-electron chi connectivity index (χ1n) is 18.3. The van der Waals surface area contributed by atoms with Crippen molar-refractivity contribution in [2.75, 3.05) is 84.7 Å². The van der Waals surface area contributed by atoms with Crippen LogP contribution in [0.4, 0.5) is 37.9 Å². The van der Waals surface area contributed by atoms with Crippen molar-refractivity contribution in [1.82, 2.24) is 34.4 Å². The van der Waals surface area contributed by atoms with E-state index in [9.17, 15) is 17.9 Å². The maximum atomic E-state index is 13.2. The van der Waals surface area contributed by atoms with Gasteiger partial charge in [-0.25, -0.2) is 27.9 Å². The summed E-state index contributed by atoms with van der Waals surface area (Å²) in [4.78, 5) is 40.4. The van der Waals surface area contributed by atoms with Gasteiger partial charge in [-0.15, -0.1) is 4.91 Å². The van der Waals surface area contributed by atoms with Crippen LogP contribution >= 0.6 is 0 Å². The molecule has 1 saturated carbocycles. The number of piperazine rings is 1. The molecule has 0 amide bonds. The highest BCUT2D eigenvalue weighted by atomic mass is 32.2. The Morgan fingerprint density at radius 2 is 1.70 bits per heavy atom. The van der Waals surface area contributed by atoms with Crippen molar-refractivity contribution in [2.24, 2.45) is 12.2 Å². The van der Waals surface area contributed by atoms with E-state index in [0.717, 1.165) is 37.2 Å². The van der Waals surface area contributed by atoms with E-state index in [1.807, 2.05) is 19.1 Å². The van der Waals surface area contributed by atoms with Gasteiger partial charge >= 0.3 is 0 Å². The van der Waals surface area contributed by atoms with Crippen molar-refractivity contribution in [2.45, 2.75) is 57.2 Å². The number of anilines is 4. The SMILES string of the molecule is CC(c1cnc(N=O)n1C)N(c1cnc2cc(N3CCOCC3)nc(OC3CCC(Nc4ncc(N5CCN(CC(F)F)CC5)cn4)CC3)c2c1)S(C)=O. The van der Waals surface area contributed by atoms with Gasteiger partial charge in [0.25, 0.3) is 12.4 Å². The quantitative estimate of drug-likeness (QED) is 0.191. The Labute approximate surface area is 314 Å². The molecule has 0 bridgehead atoms. The van der Waals surface area contributed by atoms with Gasteiger partial charge in [0.05, 0.1) is 78.6 Å². The molecule has 3 aliphatic rings. The molecule has 6 heterocycles. The Bertz CT molecular complexity index is 1920. The maximum Gasteiger partial charge on any atom is 0.271 e. The van der Waals surface area contributed by atoms with Gasteiger partial charge in [0.1, 0.15) is 22.9 Å². The van der Waals surface area contributed by atoms with Gasteiger partial charge in [-0.2, -0.15) is 4.98 Å². The molecule has 0 aromatic carbocycles. The Morgan fingerprint density at radius 3 is 2.35 bits per heavy atom. The molecular formula is C35H46F2N12O4S. The van der Waals surface area contributed by atoms with E-state index in [1.54, 1.807) is 51.9 Å². The fourth-order valence-electron chi connectivity index (χ4n) is 7.44. The number of nitrogens with one attached hydrogen (secondary N) is 1. The number of morpholine rings is 1. The first-order chi connectivity index (χ1) is 26.2. The highest BCUT2D eigenvalue weighted by molar-refractivity contribution is 7.85. The van der Waals surface area contributed by atoms with Crippen LogP contribution in [-0.4, -0.2) is 122 Å². The third-order valence-electron chi connectivity index (χ3n) is 10.4. The maximum absolute atomic E-state index is 13.2. The highest BCUT2D eigenvalue weighted by Crippen LogP contribution is 2.36. The van der Waals surface area contributed by atoms with Crippen LogP contribution in [-0.2, 0) is 22.8 Å². The lowest BCUT2D eigenvalue weighted by Gasteiger charge is -2.35. The van der Waals surface area contributed by atoms with Crippen LogP contribution in [0.25, 0.3) is 10.9 Å². The number of aromatic nitrogens is 6. The number of imidazole rings is 1. The number of hydrogen-bond donors (Lipinski definition) is 1. The van der Waals surface area contributed by atoms with Crippen LogP contribution < -0.4 is 24.2 Å². The molecule has 16 nitrogen and oxygen atoms in total. The molecule has 2 aliphatic heterocycles. The minimum Gasteiger partial charge on any atom is -0.474 e. The summed E-state index contributed by atoms with van der Waals surface area (Å²) in [5, 5.41) is 7.17. The van der Waals surface area contributed by atoms with Crippen molar-refractivity contribution in [3.63, 3.8) is 0 Å². The van der Waals surface area contributed by atoms with Gasteiger partial charge in [-0.1, -0.05) is 0 Å². The molecule has 7 rings (SSSR count). The van der Waals surface area contributed by atoms with Crippen molar-refractivity contribution in [3.8, 4) is 5.88 Å². The fourth-order valence-corrected chi connectivity index (χ4v) is 8.39. The number of fused-ring (bicyclic) bond motifs is 1. The molecule has 2 saturated heterocycles. The summed E-state index contributed by atoms with van der Waals surface area (Å²) >= 11 is 0. The van der Waals surface area contributed by atoms with Crippen LogP contribution in [0.5, 0.6) is 5.88 Å². The molecule has 2 unspecified atom stereocenters. The number of nitrogens with zero attached hydrogens (tertiary/aromatic N) is 11. The Morgan fingerprint density at radius 1 is 0.981 bits per heavy atom. The second kappa shape index (κ2) is 16.8. The lowest BCUT2D eigenvalue weighted by Crippen LogP contribution is -2.47. The van der Waals surface area contributed by atoms with E-state index in [4.69, 9.17) is 19.4 Å². The minimum atomic E-state index is -2.32. The van der Waals surface area contributed by atoms with Gasteiger partial charge in [-0.3, -0.25) is 14.2 Å². The van der Waals surface area contributed by atoms with Crippen LogP contribution in [0.2, 0.25) is 0 Å². The second-order valence-corrected chi connectivity index (χ2v) is 15.1. The lowest BCUT2D eigenvalue weighted by atomic mass is 9.93. The zero-order valence-corrected chi connectivity index (χ0v) is 31.5. The van der Waals surface area contributed by atoms with E-state index in [0.29, 0.717) is 86.6 Å². The molecule has 54 heavy (non-hydrogen) atoms. The normalized spacial score (nSPS) is 20.9. The standard InChI is InChI=1S/C35H46F2N12O4S/c1-23(30-21-41-35(44-50)45(30)2)49(54(3)51)25-16-28-29(38-18-25)17-32(48-12-14-52-15-13-48)43-33(28)53-27-6-4-24(5-7-27)42-34-39-19-26(20-40-34)47-10-8-46(9-11-47)22-31(36)37/h16-21,23-24,27,31H,4-15,22H2,1-3H3,(H,39,40,42). The summed E-state index contributed by atoms with van der Waals surface area (Å²) in [5.41, 5.74) is 2.87. The monoisotopic (exact) mass is 768 g/mol. The minimum absolute atomic E-state index is 0.0405. The molecule has 19 heteroatoms. The Balaban J connectivity index is 1.05. The molecule has 1 N–H and O–H groups in total. The van der Waals surface area contributed by atoms with E-state index < -0.39 is 23.5 Å². The molecule has 4 aromatic rings. The van der Waals surface area contributed by atoms with Crippen LogP contribution in [0.1, 0.15) is 44.3 Å². The summed E-state index contributed by atoms with van der Waals surface area (Å²) in [7, 11) is 0.242. The first kappa shape index (κ1) is 37.7. The van der Waals surface area contributed by atoms with Crippen molar-refractivity contribution in [3.05, 3.63) is 47.5 Å². The lowest BCUT2D eigenvalue weighted by molar-refractivity contribution is 0.0854. The smallest absolute Gasteiger partial charge is 0.271 e. The van der Waals surface area contributed by atoms with Gasteiger partial charge < -0.3 is 29.2 Å². The Kier molecular flexibility index (Phi) is 11.7. The van der Waals surface area contributed by atoms with Crippen LogP contribution in [0.15, 0.2) is 42.1 Å². The summed E-state index contributed by atoms with van der Waals surface area (Å²) in [5.74, 6) is 1.83. The average Bonchev–Trinajstić information content (AvgIpc) is 3.56. The van der Waals surface area contributed by atoms with Crippen molar-refractivity contribution >= 4 is 51.0 Å². The van der Waals surface area contributed by atoms with E-state index in [-0.39, 0.29) is 24.6 Å². The summed E-state index contributed by atoms with van der Waals surface area (Å²) in [6.07, 6.45) is 9.29. The molecule has 0 spiro atoms. The Hall–Kier alpha value is -4.62. The molecule has 0 radical (unpaired) electrons. The third-order valence-corrected chi connectivity index (χ3v) is 11.5. The van der Waals surface area contributed by atoms with Crippen molar-refractivity contribution in [1.29, 1.82) is 0 Å². The molecule has 3 fully saturated rings. The van der Waals surface area contributed by atoms with Gasteiger partial charge in [0.15, 0.2) is 0 Å². The number of hydrogen-bond acceptors (Lipinski definition) is 14. The number of ether oxygens (including phenoxy) is 2. The van der Waals surface area contributed by atoms with Gasteiger partial charge in [0, 0.05) is 69.9 Å². The number of halogens is 2. The van der Waals surface area contributed by atoms with Gasteiger partial charge in [0.2, 0.25) is 11.8 Å². The molecule has 290 valence electrons. The molecule has 2 atom stereocenters. The average molecular weight is 769 g/mol. The van der Waals surface area contributed by atoms with E-state index in [2.05, 4.69) is 35.2 Å². The molecule has 1 aliphatic carbocycles. The summed E-state index contributed by atoms with van der Waals surface area (Å²) < 4.78 is 54.3. The largest absolute Gasteiger partial charge is 0.474 e. The predicted molar refractivity (Wildman–Crippen MR) is 203 cm³/mol. The molecule has 4 aromatic heterocycles. The van der Waals surface area contributed by atoms with Gasteiger partial charge in [-0.05, 0) is 38.7 Å². The first-order valence-corrected chi connectivity index (χ1v) is 19.8. The van der Waals surface area contributed by atoms with Crippen LogP contribution in [0, 0.1) is 4.91 Å². The second-order valence-electron chi connectivity index (χ2n) is 13.9. The summed E-state index contributed by atoms with van der Waals surface area (Å²) in [6, 6.07) is 3.61. The third kappa shape index (κ3) is 8.52. The van der Waals surface area contributed by atoms with Crippen molar-refractivity contribution < 1.29 is 22.5 Å². The number of rotatable bonds is 13. The number of alkyl halides is 2. The van der Waals surface area contributed by atoms with E-state index in [1.165, 1.54) is 0 Å². The van der Waals surface area contributed by atoms with Crippen LogP contribution in [0.3, 0.4) is 0 Å². The van der Waals surface area contributed by atoms with E-state index >= 15 is 0 Å². The predicted octanol–water partition coefficient (Wildman–Crippen LogP) is 4.44. The fraction of sp³-hybridized carbons (Fsp3) is 0.571. The number of nitroso groups, excluding NO2 is 1. The number of pyridine rings is 2. The zero-order valence-electron chi connectivity index (χ0n) is 30.7. The molecular weight excluding hydrogens is 723 g/mol. The highest BCUT2D eigenvalue weighted by Gasteiger charge is 2.28. The topological polar surface area (TPSA) is 159 Å². The summed E-state index contributed by atoms with van der Waals surface area (Å²) in [6.45, 7) is 6.81. The zero-order chi connectivity index (χ0) is 37.8.